The summed E-state index contributed by atoms with van der Waals surface area (Å²) in [4.78, 5) is 24.0. The van der Waals surface area contributed by atoms with Crippen molar-refractivity contribution in [2.75, 3.05) is 19.0 Å². The number of nitrogens with one attached hydrogen (secondary N) is 1. The molecule has 158 valence electrons. The molecule has 3 N–H and O–H groups in total. The second-order valence-corrected chi connectivity index (χ2v) is 8.58. The van der Waals surface area contributed by atoms with Crippen LogP contribution in [0.1, 0.15) is 37.4 Å². The number of nitrogens with two attached hydrogens (primary N) is 1. The first kappa shape index (κ1) is 20.3. The highest BCUT2D eigenvalue weighted by atomic mass is 16.5. The zero-order valence-electron chi connectivity index (χ0n) is 17.8. The summed E-state index contributed by atoms with van der Waals surface area (Å²) in [6, 6.07) is 6.11. The van der Waals surface area contributed by atoms with Crippen molar-refractivity contribution in [1.82, 2.24) is 14.9 Å². The monoisotopic (exact) mass is 407 g/mol. The summed E-state index contributed by atoms with van der Waals surface area (Å²) in [5.41, 5.74) is 9.44. The molecular weight excluding hydrogens is 378 g/mol. The maximum Gasteiger partial charge on any atom is 0.322 e. The van der Waals surface area contributed by atoms with E-state index in [1.807, 2.05) is 30.0 Å². The first-order valence-corrected chi connectivity index (χ1v) is 10.4. The summed E-state index contributed by atoms with van der Waals surface area (Å²) >= 11 is 0. The molecule has 2 aliphatic rings. The Balaban J connectivity index is 1.54. The molecule has 1 saturated carbocycles. The minimum absolute atomic E-state index is 0.0560. The number of hydrogen-bond donors (Lipinski definition) is 2. The fraction of sp³-hybridized carbons (Fsp3) is 0.435. The number of methoxy groups -OCH3 is 1. The van der Waals surface area contributed by atoms with Crippen molar-refractivity contribution in [3.63, 3.8) is 0 Å². The molecule has 7 heteroatoms. The van der Waals surface area contributed by atoms with Gasteiger partial charge in [-0.25, -0.2) is 4.79 Å². The van der Waals surface area contributed by atoms with Crippen LogP contribution < -0.4 is 11.1 Å². The van der Waals surface area contributed by atoms with Gasteiger partial charge in [-0.05, 0) is 62.1 Å². The van der Waals surface area contributed by atoms with Crippen molar-refractivity contribution >= 4 is 17.8 Å². The molecule has 2 heterocycles. The highest BCUT2D eigenvalue weighted by Gasteiger charge is 2.58. The summed E-state index contributed by atoms with van der Waals surface area (Å²) in [5.74, 6) is 0.615. The number of carbonyl (C=O) groups excluding carboxylic acids is 1. The van der Waals surface area contributed by atoms with Gasteiger partial charge < -0.3 is 20.7 Å². The fourth-order valence-corrected chi connectivity index (χ4v) is 5.13. The standard InChI is InChI=1S/C23H29N5O2/c1-15-8-19-11-23(10-15,14-30-3)28(19)22(29)27-17-5-4-16(2)20(9-17)21-13-25-18(6-7-24)12-26-21/h4-7,9,12-13,15,19H,8,10-11,14,24H2,1-3H3,(H,27,29)/b7-6-. The number of nitrogens with zero attached hydrogens (tertiary/aromatic N) is 3. The molecule has 0 radical (unpaired) electrons. The highest BCUT2D eigenvalue weighted by Crippen LogP contribution is 2.50. The molecule has 1 aromatic heterocycles. The van der Waals surface area contributed by atoms with Gasteiger partial charge in [-0.15, -0.1) is 0 Å². The summed E-state index contributed by atoms with van der Waals surface area (Å²) in [5, 5.41) is 3.10. The summed E-state index contributed by atoms with van der Waals surface area (Å²) in [7, 11) is 1.71. The average Bonchev–Trinajstić information content (AvgIpc) is 2.70. The van der Waals surface area contributed by atoms with Crippen molar-refractivity contribution < 1.29 is 9.53 Å². The first-order valence-electron chi connectivity index (χ1n) is 10.4. The second kappa shape index (κ2) is 8.07. The van der Waals surface area contributed by atoms with Crippen molar-refractivity contribution in [3.05, 3.63) is 48.1 Å². The Hall–Kier alpha value is -2.93. The van der Waals surface area contributed by atoms with Crippen LogP contribution in [0.2, 0.25) is 0 Å². The first-order chi connectivity index (χ1) is 14.5. The smallest absolute Gasteiger partial charge is 0.322 e. The second-order valence-electron chi connectivity index (χ2n) is 8.58. The molecule has 30 heavy (non-hydrogen) atoms. The number of urea groups is 1. The van der Waals surface area contributed by atoms with Gasteiger partial charge >= 0.3 is 6.03 Å². The van der Waals surface area contributed by atoms with E-state index in [9.17, 15) is 4.79 Å². The number of aryl methyl sites for hydroxylation is 1. The molecule has 7 nitrogen and oxygen atoms in total. The number of fused-ring (bicyclic) bond motifs is 2. The number of likely N-dealkylation sites (tertiary alicyclic amines) is 1. The Kier molecular flexibility index (Phi) is 5.47. The van der Waals surface area contributed by atoms with Gasteiger partial charge in [0, 0.05) is 24.4 Å². The highest BCUT2D eigenvalue weighted by molar-refractivity contribution is 5.92. The van der Waals surface area contributed by atoms with Crippen LogP contribution in [0.3, 0.4) is 0 Å². The van der Waals surface area contributed by atoms with E-state index in [0.717, 1.165) is 41.8 Å². The maximum atomic E-state index is 13.2. The lowest BCUT2D eigenvalue weighted by Crippen LogP contribution is -2.74. The molecule has 1 aliphatic carbocycles. The van der Waals surface area contributed by atoms with Crippen LogP contribution in [-0.4, -0.2) is 46.2 Å². The lowest BCUT2D eigenvalue weighted by Gasteiger charge is -2.63. The number of hydrogen-bond acceptors (Lipinski definition) is 5. The number of piperidine rings is 1. The molecule has 2 fully saturated rings. The molecule has 1 aliphatic heterocycles. The van der Waals surface area contributed by atoms with Gasteiger partial charge in [-0.3, -0.25) is 9.97 Å². The zero-order chi connectivity index (χ0) is 21.3. The van der Waals surface area contributed by atoms with E-state index < -0.39 is 0 Å². The van der Waals surface area contributed by atoms with Crippen molar-refractivity contribution in [1.29, 1.82) is 0 Å². The Morgan fingerprint density at radius 1 is 1.37 bits per heavy atom. The Morgan fingerprint density at radius 3 is 2.90 bits per heavy atom. The van der Waals surface area contributed by atoms with E-state index in [-0.39, 0.29) is 11.6 Å². The molecule has 2 aromatic rings. The minimum atomic E-state index is -0.174. The number of carbonyl (C=O) groups is 1. The third-order valence-electron chi connectivity index (χ3n) is 6.23. The largest absolute Gasteiger partial charge is 0.405 e. The number of amides is 2. The zero-order valence-corrected chi connectivity index (χ0v) is 17.8. The van der Waals surface area contributed by atoms with Crippen LogP contribution in [0.25, 0.3) is 17.3 Å². The van der Waals surface area contributed by atoms with Gasteiger partial charge in [0.2, 0.25) is 0 Å². The van der Waals surface area contributed by atoms with Crippen LogP contribution in [-0.2, 0) is 4.74 Å². The minimum Gasteiger partial charge on any atom is -0.405 e. The maximum absolute atomic E-state index is 13.2. The van der Waals surface area contributed by atoms with Crippen LogP contribution in [0.4, 0.5) is 10.5 Å². The van der Waals surface area contributed by atoms with E-state index in [1.54, 1.807) is 25.6 Å². The normalized spacial score (nSPS) is 25.2. The Bertz CT molecular complexity index is 955. The molecular formula is C23H29N5O2. The van der Waals surface area contributed by atoms with E-state index in [2.05, 4.69) is 22.2 Å². The van der Waals surface area contributed by atoms with Gasteiger partial charge in [-0.2, -0.15) is 0 Å². The molecule has 2 bridgehead atoms. The van der Waals surface area contributed by atoms with Crippen LogP contribution in [0, 0.1) is 12.8 Å². The lowest BCUT2D eigenvalue weighted by molar-refractivity contribution is -0.122. The van der Waals surface area contributed by atoms with Crippen molar-refractivity contribution in [3.8, 4) is 11.3 Å². The van der Waals surface area contributed by atoms with Gasteiger partial charge in [0.15, 0.2) is 0 Å². The molecule has 4 rings (SSSR count). The van der Waals surface area contributed by atoms with E-state index in [4.69, 9.17) is 10.5 Å². The van der Waals surface area contributed by atoms with Crippen molar-refractivity contribution in [2.24, 2.45) is 11.7 Å². The molecule has 3 atom stereocenters. The van der Waals surface area contributed by atoms with E-state index in [0.29, 0.717) is 24.3 Å². The van der Waals surface area contributed by atoms with E-state index >= 15 is 0 Å². The van der Waals surface area contributed by atoms with E-state index in [1.165, 1.54) is 6.20 Å². The third kappa shape index (κ3) is 3.65. The van der Waals surface area contributed by atoms with Crippen LogP contribution in [0.5, 0.6) is 0 Å². The number of ether oxygens (including phenoxy) is 1. The van der Waals surface area contributed by atoms with Crippen molar-refractivity contribution in [2.45, 2.75) is 44.7 Å². The number of anilines is 1. The van der Waals surface area contributed by atoms with Crippen LogP contribution >= 0.6 is 0 Å². The third-order valence-corrected chi connectivity index (χ3v) is 6.23. The Morgan fingerprint density at radius 2 is 2.20 bits per heavy atom. The molecule has 0 spiro atoms. The summed E-state index contributed by atoms with van der Waals surface area (Å²) < 4.78 is 5.47. The van der Waals surface area contributed by atoms with Gasteiger partial charge in [0.1, 0.15) is 0 Å². The topological polar surface area (TPSA) is 93.4 Å². The van der Waals surface area contributed by atoms with Crippen LogP contribution in [0.15, 0.2) is 36.8 Å². The molecule has 1 saturated heterocycles. The van der Waals surface area contributed by atoms with Gasteiger partial charge in [0.25, 0.3) is 0 Å². The number of aromatic nitrogens is 2. The van der Waals surface area contributed by atoms with Gasteiger partial charge in [0.05, 0.1) is 35.9 Å². The molecule has 3 unspecified atom stereocenters. The van der Waals surface area contributed by atoms with Gasteiger partial charge in [-0.1, -0.05) is 13.0 Å². The number of benzene rings is 1. The summed E-state index contributed by atoms with van der Waals surface area (Å²) in [6.45, 7) is 4.86. The summed E-state index contributed by atoms with van der Waals surface area (Å²) in [6.07, 6.45) is 9.60. The number of rotatable bonds is 5. The predicted octanol–water partition coefficient (Wildman–Crippen LogP) is 3.80. The average molecular weight is 408 g/mol. The predicted molar refractivity (Wildman–Crippen MR) is 118 cm³/mol. The molecule has 2 amide bonds. The lowest BCUT2D eigenvalue weighted by atomic mass is 9.65. The SMILES string of the molecule is COCC12CC(C)CC(C1)N2C(=O)Nc1ccc(C)c(-c2cnc(/C=C\N)cn2)c1. The molecule has 1 aromatic carbocycles. The Labute approximate surface area is 177 Å². The fourth-order valence-electron chi connectivity index (χ4n) is 5.13. The quantitative estimate of drug-likeness (QED) is 0.786.